The third kappa shape index (κ3) is 11.2. The molecule has 0 bridgehead atoms. The first-order valence-electron chi connectivity index (χ1n) is 21.3. The number of hydrogen-bond acceptors (Lipinski definition) is 12. The highest BCUT2D eigenvalue weighted by molar-refractivity contribution is 7.90. The first-order chi connectivity index (χ1) is 32.6. The number of halogens is 2. The quantitative estimate of drug-likeness (QED) is 0.123. The highest BCUT2D eigenvalue weighted by Gasteiger charge is 2.36. The molecule has 356 valence electrons. The van der Waals surface area contributed by atoms with E-state index < -0.39 is 38.0 Å². The van der Waals surface area contributed by atoms with E-state index >= 15 is 0 Å². The Labute approximate surface area is 402 Å². The van der Waals surface area contributed by atoms with Crippen LogP contribution in [0, 0.1) is 28.6 Å². The zero-order chi connectivity index (χ0) is 48.6. The molecule has 2 aromatic carbocycles. The number of aryl methyl sites for hydroxylation is 2. The van der Waals surface area contributed by atoms with Crippen molar-refractivity contribution in [2.45, 2.75) is 73.7 Å². The second-order valence-corrected chi connectivity index (χ2v) is 20.0. The van der Waals surface area contributed by atoms with Crippen molar-refractivity contribution in [1.82, 2.24) is 48.1 Å². The van der Waals surface area contributed by atoms with Gasteiger partial charge in [-0.15, -0.1) is 10.2 Å². The minimum atomic E-state index is -4.25. The van der Waals surface area contributed by atoms with Crippen molar-refractivity contribution < 1.29 is 36.0 Å². The van der Waals surface area contributed by atoms with E-state index in [2.05, 4.69) is 36.8 Å². The Morgan fingerprint density at radius 1 is 0.794 bits per heavy atom. The van der Waals surface area contributed by atoms with Crippen LogP contribution in [0.2, 0.25) is 10.0 Å². The maximum Gasteiger partial charge on any atom is 0.308 e. The van der Waals surface area contributed by atoms with Crippen LogP contribution >= 0.6 is 23.2 Å². The lowest BCUT2D eigenvalue weighted by atomic mass is 9.96. The minimum Gasteiger partial charge on any atom is -0.469 e. The molecule has 6 aromatic rings. The normalized spacial score (nSPS) is 15.1. The maximum absolute atomic E-state index is 13.5. The Kier molecular flexibility index (Phi) is 15.7. The molecule has 0 saturated carbocycles. The lowest BCUT2D eigenvalue weighted by Gasteiger charge is -2.33. The van der Waals surface area contributed by atoms with E-state index in [1.54, 1.807) is 81.4 Å². The molecule has 1 fully saturated rings. The average molecular weight is 1010 g/mol. The fraction of sp³-hybridized carbons (Fsp3) is 0.341. The number of ether oxygens (including phenoxy) is 1. The lowest BCUT2D eigenvalue weighted by molar-refractivity contribution is -0.149. The van der Waals surface area contributed by atoms with Crippen LogP contribution in [0.3, 0.4) is 0 Å². The number of carbonyl (C=O) groups is 3. The number of rotatable bonds is 15. The van der Waals surface area contributed by atoms with Gasteiger partial charge in [0.1, 0.15) is 46.8 Å². The van der Waals surface area contributed by atoms with Crippen LogP contribution in [0.25, 0.3) is 10.9 Å². The lowest BCUT2D eigenvalue weighted by Crippen LogP contribution is -2.51. The second kappa shape index (κ2) is 21.6. The Hall–Kier alpha value is -6.53. The molecular formula is C44H46Cl2N12O8S2. The van der Waals surface area contributed by atoms with Gasteiger partial charge in [-0.25, -0.2) is 16.8 Å². The van der Waals surface area contributed by atoms with Crippen LogP contribution in [0.4, 0.5) is 0 Å². The summed E-state index contributed by atoms with van der Waals surface area (Å²) in [5.41, 5.74) is 1.52. The van der Waals surface area contributed by atoms with Crippen molar-refractivity contribution in [2.75, 3.05) is 26.7 Å². The summed E-state index contributed by atoms with van der Waals surface area (Å²) in [4.78, 5) is 44.6. The summed E-state index contributed by atoms with van der Waals surface area (Å²) in [5, 5.41) is 26.9. The average Bonchev–Trinajstić information content (AvgIpc) is 4.18. The number of likely N-dealkylation sites (tertiary alicyclic amines) is 1. The summed E-state index contributed by atoms with van der Waals surface area (Å²) in [6.07, 6.45) is 7.80. The van der Waals surface area contributed by atoms with Crippen molar-refractivity contribution in [1.29, 1.82) is 10.5 Å². The number of carbonyl (C=O) groups excluding carboxylic acids is 3. The standard InChI is InChI=1S/C22H24Cl2N4O5S.C22H22N8O3S/c1-33-22(30)15-7-11-28(12-8-15)21(29)19(9-13-27-10-3-4-16(27)14-25)26-34(31,32)20-17(23)5-2-6-18(20)24;23-13-16-3-2-9-28(16)10-7-19(22(31)29-11-12-30-15-25-26-21(30)14-29)27-34(32,33)20-5-1-4-18-17(20)6-8-24-18/h2-6,10,15,19,26H,7-9,11-13H2,1H3;1-6,8-9,15,19,24,27H,7,10-12,14H2. The molecular weight excluding hydrogens is 960 g/mol. The molecule has 8 rings (SSSR count). The van der Waals surface area contributed by atoms with Crippen molar-refractivity contribution >= 4 is 71.9 Å². The Morgan fingerprint density at radius 2 is 1.38 bits per heavy atom. The SMILES string of the molecule is COC(=O)C1CCN(C(=O)C(CCn2cccc2C#N)NS(=O)(=O)c2c(Cl)cccc2Cl)CC1.N#Cc1cccn1CCC(NS(=O)(=O)c1cccc2[nH]ccc12)C(=O)N1CCn2cnnc2C1. The summed E-state index contributed by atoms with van der Waals surface area (Å²) in [6, 6.07) is 19.7. The molecule has 0 aliphatic carbocycles. The van der Waals surface area contributed by atoms with Gasteiger partial charge < -0.3 is 33.2 Å². The summed E-state index contributed by atoms with van der Waals surface area (Å²) >= 11 is 12.2. The molecule has 1 saturated heterocycles. The molecule has 6 heterocycles. The topological polar surface area (TPSA) is 263 Å². The fourth-order valence-electron chi connectivity index (χ4n) is 8.15. The van der Waals surface area contributed by atoms with Gasteiger partial charge in [-0.2, -0.15) is 20.0 Å². The van der Waals surface area contributed by atoms with E-state index in [-0.39, 0.29) is 76.7 Å². The molecule has 2 atom stereocenters. The molecule has 0 radical (unpaired) electrons. The Bertz CT molecular complexity index is 3090. The van der Waals surface area contributed by atoms with Gasteiger partial charge in [0.15, 0.2) is 5.82 Å². The van der Waals surface area contributed by atoms with Crippen molar-refractivity contribution in [2.24, 2.45) is 5.92 Å². The van der Waals surface area contributed by atoms with E-state index in [0.29, 0.717) is 60.6 Å². The number of nitrogens with one attached hydrogen (secondary N) is 3. The number of H-pyrrole nitrogens is 1. The van der Waals surface area contributed by atoms with Crippen LogP contribution in [-0.2, 0) is 65.3 Å². The molecule has 20 nitrogen and oxygen atoms in total. The second-order valence-electron chi connectivity index (χ2n) is 15.9. The maximum atomic E-state index is 13.5. The third-order valence-electron chi connectivity index (χ3n) is 11.7. The number of fused-ring (bicyclic) bond motifs is 2. The van der Waals surface area contributed by atoms with Gasteiger partial charge in [0.05, 0.1) is 34.5 Å². The first kappa shape index (κ1) is 49.4. The summed E-state index contributed by atoms with van der Waals surface area (Å²) in [7, 11) is -6.95. The monoisotopic (exact) mass is 1000 g/mol. The van der Waals surface area contributed by atoms with E-state index in [1.165, 1.54) is 36.3 Å². The van der Waals surface area contributed by atoms with Gasteiger partial charge in [0, 0.05) is 68.8 Å². The number of benzene rings is 2. The number of piperidine rings is 1. The van der Waals surface area contributed by atoms with Gasteiger partial charge >= 0.3 is 5.97 Å². The number of methoxy groups -OCH3 is 1. The predicted molar refractivity (Wildman–Crippen MR) is 247 cm³/mol. The van der Waals surface area contributed by atoms with E-state index in [9.17, 15) is 41.7 Å². The fourth-order valence-corrected chi connectivity index (χ4v) is 12.0. The number of amides is 2. The summed E-state index contributed by atoms with van der Waals surface area (Å²) < 4.78 is 68.2. The first-order valence-corrected chi connectivity index (χ1v) is 25.0. The van der Waals surface area contributed by atoms with Gasteiger partial charge in [0.25, 0.3) is 0 Å². The number of nitrogens with zero attached hydrogens (tertiary/aromatic N) is 9. The molecule has 24 heteroatoms. The van der Waals surface area contributed by atoms with Crippen molar-refractivity contribution in [3.05, 3.63) is 119 Å². The number of nitriles is 2. The van der Waals surface area contributed by atoms with Crippen LogP contribution in [0.15, 0.2) is 101 Å². The molecule has 2 aliphatic heterocycles. The molecule has 3 N–H and O–H groups in total. The van der Waals surface area contributed by atoms with E-state index in [4.69, 9.17) is 27.9 Å². The van der Waals surface area contributed by atoms with E-state index in [1.807, 2.05) is 4.57 Å². The molecule has 0 spiro atoms. The smallest absolute Gasteiger partial charge is 0.308 e. The third-order valence-corrected chi connectivity index (χ3v) is 15.7. The molecule has 2 unspecified atom stereocenters. The number of sulfonamides is 2. The number of aromatic amines is 1. The predicted octanol–water partition coefficient (Wildman–Crippen LogP) is 4.03. The number of aromatic nitrogens is 6. The van der Waals surface area contributed by atoms with Crippen molar-refractivity contribution in [3.8, 4) is 12.1 Å². The highest BCUT2D eigenvalue weighted by Crippen LogP contribution is 2.30. The van der Waals surface area contributed by atoms with Crippen LogP contribution in [0.5, 0.6) is 0 Å². The van der Waals surface area contributed by atoms with Crippen LogP contribution < -0.4 is 9.44 Å². The Morgan fingerprint density at radius 3 is 1.99 bits per heavy atom. The van der Waals surface area contributed by atoms with Gasteiger partial charge in [-0.3, -0.25) is 14.4 Å². The van der Waals surface area contributed by atoms with E-state index in [0.717, 1.165) is 0 Å². The number of esters is 1. The van der Waals surface area contributed by atoms with Crippen LogP contribution in [-0.4, -0.2) is 112 Å². The van der Waals surface area contributed by atoms with Gasteiger partial charge in [-0.1, -0.05) is 35.3 Å². The van der Waals surface area contributed by atoms with Gasteiger partial charge in [0.2, 0.25) is 31.9 Å². The molecule has 68 heavy (non-hydrogen) atoms. The largest absolute Gasteiger partial charge is 0.469 e. The summed E-state index contributed by atoms with van der Waals surface area (Å²) in [5.74, 6) is -0.750. The molecule has 2 amide bonds. The number of hydrogen-bond donors (Lipinski definition) is 3. The zero-order valence-electron chi connectivity index (χ0n) is 36.5. The van der Waals surface area contributed by atoms with Crippen LogP contribution in [0.1, 0.15) is 42.9 Å². The van der Waals surface area contributed by atoms with Crippen molar-refractivity contribution in [3.63, 3.8) is 0 Å². The molecule has 4 aromatic heterocycles. The zero-order valence-corrected chi connectivity index (χ0v) is 39.7. The molecule has 2 aliphatic rings. The highest BCUT2D eigenvalue weighted by atomic mass is 35.5. The Balaban J connectivity index is 0.000000201. The van der Waals surface area contributed by atoms with Gasteiger partial charge in [-0.05, 0) is 80.3 Å². The summed E-state index contributed by atoms with van der Waals surface area (Å²) in [6.45, 7) is 2.30. The minimum absolute atomic E-state index is 0.0673.